The van der Waals surface area contributed by atoms with Crippen LogP contribution >= 0.6 is 11.6 Å². The van der Waals surface area contributed by atoms with Gasteiger partial charge in [-0.2, -0.15) is 0 Å². The Kier molecular flexibility index (Phi) is 7.90. The molecule has 0 heterocycles. The van der Waals surface area contributed by atoms with E-state index in [1.807, 2.05) is 50.2 Å². The first-order valence-corrected chi connectivity index (χ1v) is 11.9. The minimum absolute atomic E-state index is 0.0316. The van der Waals surface area contributed by atoms with Crippen LogP contribution in [0.5, 0.6) is 0 Å². The lowest BCUT2D eigenvalue weighted by Crippen LogP contribution is -2.27. The van der Waals surface area contributed by atoms with E-state index in [1.54, 1.807) is 12.1 Å². The normalized spacial score (nSPS) is 11.2. The third-order valence-corrected chi connectivity index (χ3v) is 6.75. The summed E-state index contributed by atoms with van der Waals surface area (Å²) in [6.07, 6.45) is 0. The number of aryl methyl sites for hydroxylation is 2. The highest BCUT2D eigenvalue weighted by molar-refractivity contribution is 7.92. The van der Waals surface area contributed by atoms with Gasteiger partial charge in [0.15, 0.2) is 0 Å². The van der Waals surface area contributed by atoms with Crippen LogP contribution < -0.4 is 10.0 Å². The zero-order chi connectivity index (χ0) is 23.1. The van der Waals surface area contributed by atoms with E-state index in [0.717, 1.165) is 16.7 Å². The number of carbonyl (C=O) groups is 1. The lowest BCUT2D eigenvalue weighted by Gasteiger charge is -2.12. The van der Waals surface area contributed by atoms with Crippen LogP contribution in [0.25, 0.3) is 0 Å². The van der Waals surface area contributed by atoms with Crippen LogP contribution in [0.3, 0.4) is 0 Å². The maximum Gasteiger partial charge on any atom is 0.263 e. The summed E-state index contributed by atoms with van der Waals surface area (Å²) < 4.78 is 33.8. The summed E-state index contributed by atoms with van der Waals surface area (Å²) in [7, 11) is -3.98. The van der Waals surface area contributed by atoms with Crippen LogP contribution in [0, 0.1) is 13.8 Å². The van der Waals surface area contributed by atoms with Gasteiger partial charge in [-0.1, -0.05) is 48.0 Å². The predicted molar refractivity (Wildman–Crippen MR) is 127 cm³/mol. The van der Waals surface area contributed by atoms with Crippen molar-refractivity contribution < 1.29 is 17.9 Å². The van der Waals surface area contributed by atoms with Gasteiger partial charge in [0.25, 0.3) is 15.9 Å². The van der Waals surface area contributed by atoms with Gasteiger partial charge in [0, 0.05) is 17.8 Å². The Balaban J connectivity index is 1.62. The summed E-state index contributed by atoms with van der Waals surface area (Å²) in [6, 6.07) is 19.1. The van der Waals surface area contributed by atoms with E-state index in [1.165, 1.54) is 18.2 Å². The predicted octanol–water partition coefficient (Wildman–Crippen LogP) is 4.70. The molecule has 3 aromatic carbocycles. The number of hydrogen-bond donors (Lipinski definition) is 2. The molecule has 0 saturated heterocycles. The van der Waals surface area contributed by atoms with Gasteiger partial charge in [0.05, 0.1) is 18.2 Å². The van der Waals surface area contributed by atoms with E-state index >= 15 is 0 Å². The number of benzene rings is 3. The molecule has 0 aliphatic heterocycles. The molecule has 0 saturated carbocycles. The molecule has 3 rings (SSSR count). The number of carbonyl (C=O) groups excluding carboxylic acids is 1. The molecule has 0 fully saturated rings. The third kappa shape index (κ3) is 6.32. The first-order valence-electron chi connectivity index (χ1n) is 10.1. The molecule has 6 nitrogen and oxygen atoms in total. The first kappa shape index (κ1) is 23.8. The van der Waals surface area contributed by atoms with Crippen molar-refractivity contribution in [2.45, 2.75) is 25.3 Å². The Morgan fingerprint density at radius 2 is 1.72 bits per heavy atom. The summed E-state index contributed by atoms with van der Waals surface area (Å²) in [6.45, 7) is 4.91. The van der Waals surface area contributed by atoms with Gasteiger partial charge in [-0.3, -0.25) is 9.52 Å². The largest absolute Gasteiger partial charge is 0.375 e. The molecule has 0 radical (unpaired) electrons. The highest BCUT2D eigenvalue weighted by atomic mass is 35.5. The molecule has 2 N–H and O–H groups in total. The fraction of sp³-hybridized carbons (Fsp3) is 0.208. The smallest absolute Gasteiger partial charge is 0.263 e. The van der Waals surface area contributed by atoms with Crippen LogP contribution in [0.4, 0.5) is 5.69 Å². The van der Waals surface area contributed by atoms with Crippen LogP contribution in [-0.4, -0.2) is 27.5 Å². The van der Waals surface area contributed by atoms with Crippen molar-refractivity contribution in [2.75, 3.05) is 17.9 Å². The first-order chi connectivity index (χ1) is 15.3. The molecule has 0 aromatic heterocycles. The zero-order valence-electron chi connectivity index (χ0n) is 17.9. The van der Waals surface area contributed by atoms with Gasteiger partial charge in [0.2, 0.25) is 0 Å². The number of nitrogens with one attached hydrogen (secondary N) is 2. The van der Waals surface area contributed by atoms with E-state index < -0.39 is 15.9 Å². The third-order valence-electron chi connectivity index (χ3n) is 4.89. The molecule has 0 atom stereocenters. The van der Waals surface area contributed by atoms with Gasteiger partial charge < -0.3 is 10.1 Å². The zero-order valence-corrected chi connectivity index (χ0v) is 19.5. The molecule has 3 aromatic rings. The van der Waals surface area contributed by atoms with Crippen molar-refractivity contribution >= 4 is 33.2 Å². The van der Waals surface area contributed by atoms with Gasteiger partial charge in [-0.15, -0.1) is 0 Å². The summed E-state index contributed by atoms with van der Waals surface area (Å²) in [4.78, 5) is 12.3. The standard InChI is InChI=1S/C24H25ClN2O4S/c1-17-8-10-21(14-18(17)2)27-32(29,30)23-15-20(9-11-22(23)25)24(28)26-12-13-31-16-19-6-4-3-5-7-19/h3-11,14-15,27H,12-13,16H2,1-2H3,(H,26,28). The second kappa shape index (κ2) is 10.6. The number of sulfonamides is 1. The van der Waals surface area contributed by atoms with Crippen molar-refractivity contribution in [3.8, 4) is 0 Å². The Hall–Kier alpha value is -2.87. The van der Waals surface area contributed by atoms with E-state index in [0.29, 0.717) is 18.9 Å². The fourth-order valence-electron chi connectivity index (χ4n) is 2.97. The lowest BCUT2D eigenvalue weighted by molar-refractivity contribution is 0.0900. The number of halogens is 1. The Bertz CT molecular complexity index is 1200. The molecule has 0 bridgehead atoms. The minimum atomic E-state index is -3.98. The number of amides is 1. The van der Waals surface area contributed by atoms with Crippen molar-refractivity contribution in [1.82, 2.24) is 5.32 Å². The van der Waals surface area contributed by atoms with E-state index in [2.05, 4.69) is 10.0 Å². The fourth-order valence-corrected chi connectivity index (χ4v) is 4.54. The van der Waals surface area contributed by atoms with E-state index in [9.17, 15) is 13.2 Å². The van der Waals surface area contributed by atoms with Crippen molar-refractivity contribution in [3.63, 3.8) is 0 Å². The topological polar surface area (TPSA) is 84.5 Å². The molecule has 168 valence electrons. The Morgan fingerprint density at radius 1 is 0.969 bits per heavy atom. The molecule has 0 spiro atoms. The van der Waals surface area contributed by atoms with E-state index in [-0.39, 0.29) is 22.0 Å². The number of anilines is 1. The number of ether oxygens (including phenoxy) is 1. The summed E-state index contributed by atoms with van der Waals surface area (Å²) in [5, 5.41) is 2.76. The van der Waals surface area contributed by atoms with Gasteiger partial charge >= 0.3 is 0 Å². The van der Waals surface area contributed by atoms with Gasteiger partial charge in [-0.25, -0.2) is 8.42 Å². The van der Waals surface area contributed by atoms with E-state index in [4.69, 9.17) is 16.3 Å². The summed E-state index contributed by atoms with van der Waals surface area (Å²) in [5.41, 5.74) is 3.67. The van der Waals surface area contributed by atoms with Crippen molar-refractivity contribution in [2.24, 2.45) is 0 Å². The lowest BCUT2D eigenvalue weighted by atomic mass is 10.1. The average molecular weight is 473 g/mol. The number of hydrogen-bond acceptors (Lipinski definition) is 4. The molecular formula is C24H25ClN2O4S. The quantitative estimate of drug-likeness (QED) is 0.442. The van der Waals surface area contributed by atoms with Crippen LogP contribution in [-0.2, 0) is 21.4 Å². The van der Waals surface area contributed by atoms with Gasteiger partial charge in [-0.05, 0) is 60.9 Å². The van der Waals surface area contributed by atoms with Crippen LogP contribution in [0.15, 0.2) is 71.6 Å². The number of rotatable bonds is 9. The molecule has 1 amide bonds. The highest BCUT2D eigenvalue weighted by Gasteiger charge is 2.20. The van der Waals surface area contributed by atoms with Gasteiger partial charge in [0.1, 0.15) is 4.90 Å². The SMILES string of the molecule is Cc1ccc(NS(=O)(=O)c2cc(C(=O)NCCOCc3ccccc3)ccc2Cl)cc1C. The molecular weight excluding hydrogens is 448 g/mol. The average Bonchev–Trinajstić information content (AvgIpc) is 2.76. The highest BCUT2D eigenvalue weighted by Crippen LogP contribution is 2.26. The van der Waals surface area contributed by atoms with Crippen LogP contribution in [0.1, 0.15) is 27.0 Å². The Morgan fingerprint density at radius 3 is 2.44 bits per heavy atom. The molecule has 0 aliphatic carbocycles. The van der Waals surface area contributed by atoms with Crippen LogP contribution in [0.2, 0.25) is 5.02 Å². The molecule has 0 unspecified atom stereocenters. The monoisotopic (exact) mass is 472 g/mol. The molecule has 0 aliphatic rings. The maximum absolute atomic E-state index is 12.9. The summed E-state index contributed by atoms with van der Waals surface area (Å²) in [5.74, 6) is -0.410. The van der Waals surface area contributed by atoms with Crippen molar-refractivity contribution in [3.05, 3.63) is 94.0 Å². The maximum atomic E-state index is 12.9. The second-order valence-electron chi connectivity index (χ2n) is 7.34. The minimum Gasteiger partial charge on any atom is -0.375 e. The molecule has 32 heavy (non-hydrogen) atoms. The Labute approximate surface area is 193 Å². The second-order valence-corrected chi connectivity index (χ2v) is 9.40. The molecule has 8 heteroatoms. The van der Waals surface area contributed by atoms with Crippen molar-refractivity contribution in [1.29, 1.82) is 0 Å². The summed E-state index contributed by atoms with van der Waals surface area (Å²) >= 11 is 6.14.